The van der Waals surface area contributed by atoms with Crippen LogP contribution < -0.4 is 10.6 Å². The summed E-state index contributed by atoms with van der Waals surface area (Å²) in [5, 5.41) is 6.62. The molecule has 0 saturated heterocycles. The van der Waals surface area contributed by atoms with Gasteiger partial charge in [0.25, 0.3) is 0 Å². The maximum atomic E-state index is 4.35. The molecule has 3 heteroatoms. The first kappa shape index (κ1) is 12.0. The van der Waals surface area contributed by atoms with E-state index in [0.29, 0.717) is 0 Å². The average molecular weight is 231 g/mol. The third kappa shape index (κ3) is 2.78. The van der Waals surface area contributed by atoms with Gasteiger partial charge < -0.3 is 10.6 Å². The van der Waals surface area contributed by atoms with Gasteiger partial charge in [0.15, 0.2) is 5.96 Å². The summed E-state index contributed by atoms with van der Waals surface area (Å²) >= 11 is 0. The summed E-state index contributed by atoms with van der Waals surface area (Å²) in [5.41, 5.74) is 2.85. The summed E-state index contributed by atoms with van der Waals surface area (Å²) in [7, 11) is 0. The molecular weight excluding hydrogens is 210 g/mol. The molecule has 3 nitrogen and oxygen atoms in total. The number of nitrogens with zero attached hydrogens (tertiary/aromatic N) is 1. The molecule has 2 rings (SSSR count). The van der Waals surface area contributed by atoms with Gasteiger partial charge in [0.2, 0.25) is 0 Å². The molecule has 17 heavy (non-hydrogen) atoms. The van der Waals surface area contributed by atoms with Gasteiger partial charge in [-0.15, -0.1) is 0 Å². The highest BCUT2D eigenvalue weighted by molar-refractivity contribution is 5.81. The molecular formula is C14H21N3. The van der Waals surface area contributed by atoms with Crippen molar-refractivity contribution in [1.82, 2.24) is 10.6 Å². The quantitative estimate of drug-likeness (QED) is 0.832. The van der Waals surface area contributed by atoms with Gasteiger partial charge in [-0.1, -0.05) is 38.1 Å². The molecule has 1 heterocycles. The summed E-state index contributed by atoms with van der Waals surface area (Å²) in [4.78, 5) is 4.35. The molecule has 0 fully saturated rings. The Balaban J connectivity index is 2.05. The third-order valence-electron chi connectivity index (χ3n) is 3.25. The highest BCUT2D eigenvalue weighted by atomic mass is 15.2. The Morgan fingerprint density at radius 1 is 1.35 bits per heavy atom. The predicted octanol–water partition coefficient (Wildman–Crippen LogP) is 1.82. The summed E-state index contributed by atoms with van der Waals surface area (Å²) in [6, 6.07) is 8.57. The van der Waals surface area contributed by atoms with Gasteiger partial charge in [-0.25, -0.2) is 0 Å². The van der Waals surface area contributed by atoms with Crippen molar-refractivity contribution in [2.45, 2.75) is 26.2 Å². The lowest BCUT2D eigenvalue weighted by Gasteiger charge is -2.27. The normalized spacial score (nSPS) is 15.4. The summed E-state index contributed by atoms with van der Waals surface area (Å²) in [6.07, 6.45) is 0. The van der Waals surface area contributed by atoms with E-state index in [1.165, 1.54) is 11.1 Å². The molecule has 0 radical (unpaired) electrons. The Hall–Kier alpha value is -1.51. The highest BCUT2D eigenvalue weighted by Crippen LogP contribution is 2.25. The molecule has 1 aliphatic rings. The molecule has 0 aliphatic carbocycles. The number of aryl methyl sites for hydroxylation is 1. The van der Waals surface area contributed by atoms with E-state index in [1.807, 2.05) is 0 Å². The van der Waals surface area contributed by atoms with Gasteiger partial charge in [0.05, 0.1) is 6.54 Å². The molecule has 0 atom stereocenters. The molecule has 1 aromatic rings. The topological polar surface area (TPSA) is 36.4 Å². The molecule has 0 unspecified atom stereocenters. The maximum absolute atomic E-state index is 4.35. The lowest BCUT2D eigenvalue weighted by molar-refractivity contribution is 0.508. The Morgan fingerprint density at radius 3 is 2.76 bits per heavy atom. The van der Waals surface area contributed by atoms with Crippen molar-refractivity contribution >= 4 is 5.96 Å². The van der Waals surface area contributed by atoms with Crippen molar-refractivity contribution in [3.05, 3.63) is 35.4 Å². The first-order valence-electron chi connectivity index (χ1n) is 6.18. The standard InChI is InChI=1S/C14H21N3/c1-11-6-4-5-7-12(11)14(2,3)10-17-13-15-8-9-16-13/h4-7H,8-10H2,1-3H3,(H2,15,16,17). The molecule has 0 spiro atoms. The molecule has 0 bridgehead atoms. The zero-order valence-corrected chi connectivity index (χ0v) is 10.9. The SMILES string of the molecule is Cc1ccccc1C(C)(C)CNC1=NCCN1. The molecule has 0 saturated carbocycles. The van der Waals surface area contributed by atoms with E-state index in [0.717, 1.165) is 25.6 Å². The fourth-order valence-electron chi connectivity index (χ4n) is 2.25. The summed E-state index contributed by atoms with van der Waals surface area (Å²) in [6.45, 7) is 9.42. The fraction of sp³-hybridized carbons (Fsp3) is 0.500. The largest absolute Gasteiger partial charge is 0.356 e. The van der Waals surface area contributed by atoms with Gasteiger partial charge in [0, 0.05) is 18.5 Å². The number of benzene rings is 1. The van der Waals surface area contributed by atoms with Crippen LogP contribution in [0.2, 0.25) is 0 Å². The van der Waals surface area contributed by atoms with Crippen molar-refractivity contribution < 1.29 is 0 Å². The Labute approximate surface area is 103 Å². The van der Waals surface area contributed by atoms with E-state index in [2.05, 4.69) is 60.7 Å². The monoisotopic (exact) mass is 231 g/mol. The molecule has 0 amide bonds. The van der Waals surface area contributed by atoms with Gasteiger partial charge in [0.1, 0.15) is 0 Å². The van der Waals surface area contributed by atoms with Crippen LogP contribution in [0.1, 0.15) is 25.0 Å². The second-order valence-electron chi connectivity index (χ2n) is 5.21. The van der Waals surface area contributed by atoms with Crippen LogP contribution >= 0.6 is 0 Å². The van der Waals surface area contributed by atoms with Crippen LogP contribution in [0.5, 0.6) is 0 Å². The lowest BCUT2D eigenvalue weighted by Crippen LogP contribution is -2.41. The number of aliphatic imine (C=N–C) groups is 1. The smallest absolute Gasteiger partial charge is 0.191 e. The van der Waals surface area contributed by atoms with Crippen LogP contribution in [-0.4, -0.2) is 25.6 Å². The number of nitrogens with one attached hydrogen (secondary N) is 2. The molecule has 1 aromatic carbocycles. The highest BCUT2D eigenvalue weighted by Gasteiger charge is 2.22. The van der Waals surface area contributed by atoms with Gasteiger partial charge in [-0.2, -0.15) is 0 Å². The Bertz CT molecular complexity index is 421. The first-order chi connectivity index (χ1) is 8.09. The van der Waals surface area contributed by atoms with E-state index in [1.54, 1.807) is 0 Å². The van der Waals surface area contributed by atoms with Crippen LogP contribution in [-0.2, 0) is 5.41 Å². The minimum absolute atomic E-state index is 0.109. The van der Waals surface area contributed by atoms with E-state index >= 15 is 0 Å². The second kappa shape index (κ2) is 4.78. The van der Waals surface area contributed by atoms with Crippen molar-refractivity contribution in [3.8, 4) is 0 Å². The van der Waals surface area contributed by atoms with E-state index in [4.69, 9.17) is 0 Å². The number of rotatable bonds is 3. The van der Waals surface area contributed by atoms with Gasteiger partial charge >= 0.3 is 0 Å². The zero-order chi connectivity index (χ0) is 12.3. The average Bonchev–Trinajstić information content (AvgIpc) is 2.80. The minimum Gasteiger partial charge on any atom is -0.356 e. The van der Waals surface area contributed by atoms with E-state index in [9.17, 15) is 0 Å². The summed E-state index contributed by atoms with van der Waals surface area (Å²) < 4.78 is 0. The zero-order valence-electron chi connectivity index (χ0n) is 10.9. The number of hydrogen-bond donors (Lipinski definition) is 2. The van der Waals surface area contributed by atoms with Crippen molar-refractivity contribution in [3.63, 3.8) is 0 Å². The van der Waals surface area contributed by atoms with Crippen LogP contribution in [0, 0.1) is 6.92 Å². The molecule has 0 aromatic heterocycles. The van der Waals surface area contributed by atoms with Crippen molar-refractivity contribution in [1.29, 1.82) is 0 Å². The van der Waals surface area contributed by atoms with Gasteiger partial charge in [-0.05, 0) is 18.1 Å². The minimum atomic E-state index is 0.109. The molecule has 1 aliphatic heterocycles. The second-order valence-corrected chi connectivity index (χ2v) is 5.21. The fourth-order valence-corrected chi connectivity index (χ4v) is 2.25. The van der Waals surface area contributed by atoms with E-state index in [-0.39, 0.29) is 5.41 Å². The number of hydrogen-bond acceptors (Lipinski definition) is 3. The molecule has 2 N–H and O–H groups in total. The van der Waals surface area contributed by atoms with Crippen molar-refractivity contribution in [2.75, 3.05) is 19.6 Å². The first-order valence-corrected chi connectivity index (χ1v) is 6.18. The summed E-state index contributed by atoms with van der Waals surface area (Å²) in [5.74, 6) is 0.937. The number of guanidine groups is 1. The predicted molar refractivity (Wildman–Crippen MR) is 72.5 cm³/mol. The van der Waals surface area contributed by atoms with Crippen LogP contribution in [0.15, 0.2) is 29.3 Å². The van der Waals surface area contributed by atoms with Crippen LogP contribution in [0.3, 0.4) is 0 Å². The van der Waals surface area contributed by atoms with E-state index < -0.39 is 0 Å². The lowest BCUT2D eigenvalue weighted by atomic mass is 9.82. The Kier molecular flexibility index (Phi) is 3.36. The van der Waals surface area contributed by atoms with Crippen LogP contribution in [0.4, 0.5) is 0 Å². The van der Waals surface area contributed by atoms with Crippen LogP contribution in [0.25, 0.3) is 0 Å². The Morgan fingerprint density at radius 2 is 2.12 bits per heavy atom. The van der Waals surface area contributed by atoms with Gasteiger partial charge in [-0.3, -0.25) is 4.99 Å². The van der Waals surface area contributed by atoms with Crippen molar-refractivity contribution in [2.24, 2.45) is 4.99 Å². The maximum Gasteiger partial charge on any atom is 0.191 e. The molecule has 92 valence electrons. The third-order valence-corrected chi connectivity index (χ3v) is 3.25.